The Kier molecular flexibility index (Phi) is 4.54. The lowest BCUT2D eigenvalue weighted by molar-refractivity contribution is 0.00786. The number of amides is 1. The summed E-state index contributed by atoms with van der Waals surface area (Å²) in [5.74, 6) is -3.90. The molecule has 2 aromatic carbocycles. The lowest BCUT2D eigenvalue weighted by Gasteiger charge is -2.20. The molecule has 4 rings (SSSR count). The number of carbonyl (C=O) groups excluding carboxylic acids is 1. The number of nitrogens with zero attached hydrogens (tertiary/aromatic N) is 3. The predicted octanol–water partition coefficient (Wildman–Crippen LogP) is 2.83. The van der Waals surface area contributed by atoms with Crippen molar-refractivity contribution in [2.45, 2.75) is 5.79 Å². The Morgan fingerprint density at radius 3 is 2.68 bits per heavy atom. The predicted molar refractivity (Wildman–Crippen MR) is 98.8 cm³/mol. The van der Waals surface area contributed by atoms with Crippen molar-refractivity contribution in [3.63, 3.8) is 0 Å². The van der Waals surface area contributed by atoms with Gasteiger partial charge in [0.05, 0.1) is 5.52 Å². The smallest absolute Gasteiger partial charge is 0.288 e. The molecule has 0 saturated heterocycles. The number of aliphatic hydroxyl groups excluding tert-OH is 1. The summed E-state index contributed by atoms with van der Waals surface area (Å²) in [5.41, 5.74) is 1.54. The lowest BCUT2D eigenvalue weighted by Crippen LogP contribution is -2.45. The van der Waals surface area contributed by atoms with Gasteiger partial charge in [-0.25, -0.2) is 4.39 Å². The Hall–Kier alpha value is -3.65. The van der Waals surface area contributed by atoms with E-state index in [4.69, 9.17) is 4.52 Å². The van der Waals surface area contributed by atoms with E-state index in [1.807, 2.05) is 24.3 Å². The molecule has 0 aliphatic rings. The maximum absolute atomic E-state index is 15.2. The van der Waals surface area contributed by atoms with Gasteiger partial charge in [-0.05, 0) is 24.3 Å². The van der Waals surface area contributed by atoms with E-state index in [-0.39, 0.29) is 11.4 Å². The first-order valence-electron chi connectivity index (χ1n) is 8.46. The van der Waals surface area contributed by atoms with Gasteiger partial charge in [-0.2, -0.15) is 4.98 Å². The van der Waals surface area contributed by atoms with Crippen molar-refractivity contribution in [2.24, 2.45) is 0 Å². The van der Waals surface area contributed by atoms with Crippen molar-refractivity contribution < 1.29 is 18.8 Å². The molecule has 140 valence electrons. The SMILES string of the molecule is O=C(N[C@](F)(CO)c1nc(-c2cnc3ccccc3c2)no1)c1ccccc1. The van der Waals surface area contributed by atoms with E-state index in [1.165, 1.54) is 12.1 Å². The molecule has 8 heteroatoms. The molecule has 0 aliphatic heterocycles. The fraction of sp³-hybridized carbons (Fsp3) is 0.100. The van der Waals surface area contributed by atoms with Gasteiger partial charge in [0.25, 0.3) is 17.6 Å². The van der Waals surface area contributed by atoms with E-state index < -0.39 is 24.2 Å². The Labute approximate surface area is 158 Å². The Morgan fingerprint density at radius 2 is 1.89 bits per heavy atom. The summed E-state index contributed by atoms with van der Waals surface area (Å²) >= 11 is 0. The van der Waals surface area contributed by atoms with Crippen molar-refractivity contribution in [1.82, 2.24) is 20.4 Å². The van der Waals surface area contributed by atoms with E-state index in [0.717, 1.165) is 10.9 Å². The topological polar surface area (TPSA) is 101 Å². The third kappa shape index (κ3) is 3.33. The highest BCUT2D eigenvalue weighted by molar-refractivity contribution is 5.94. The first-order chi connectivity index (χ1) is 13.6. The molecule has 0 unspecified atom stereocenters. The van der Waals surface area contributed by atoms with Crippen LogP contribution >= 0.6 is 0 Å². The van der Waals surface area contributed by atoms with Crippen LogP contribution in [0.2, 0.25) is 0 Å². The number of halogens is 1. The number of rotatable bonds is 5. The zero-order valence-corrected chi connectivity index (χ0v) is 14.5. The second-order valence-electron chi connectivity index (χ2n) is 6.12. The van der Waals surface area contributed by atoms with E-state index in [2.05, 4.69) is 20.4 Å². The minimum atomic E-state index is -2.72. The number of para-hydroxylation sites is 1. The van der Waals surface area contributed by atoms with Crippen molar-refractivity contribution in [3.05, 3.63) is 78.3 Å². The van der Waals surface area contributed by atoms with Crippen molar-refractivity contribution in [2.75, 3.05) is 6.61 Å². The highest BCUT2D eigenvalue weighted by Crippen LogP contribution is 2.26. The Balaban J connectivity index is 1.62. The minimum absolute atomic E-state index is 0.0951. The minimum Gasteiger partial charge on any atom is -0.390 e. The average molecular weight is 378 g/mol. The van der Waals surface area contributed by atoms with Crippen LogP contribution in [0.4, 0.5) is 4.39 Å². The monoisotopic (exact) mass is 378 g/mol. The molecule has 7 nitrogen and oxygen atoms in total. The second-order valence-corrected chi connectivity index (χ2v) is 6.12. The van der Waals surface area contributed by atoms with E-state index in [0.29, 0.717) is 5.56 Å². The quantitative estimate of drug-likeness (QED) is 0.518. The third-order valence-corrected chi connectivity index (χ3v) is 4.18. The zero-order valence-electron chi connectivity index (χ0n) is 14.5. The molecule has 0 bridgehead atoms. The molecule has 2 aromatic heterocycles. The van der Waals surface area contributed by atoms with Gasteiger partial charge in [0.1, 0.15) is 6.61 Å². The summed E-state index contributed by atoms with van der Waals surface area (Å²) in [6, 6.07) is 17.3. The third-order valence-electron chi connectivity index (χ3n) is 4.18. The van der Waals surface area contributed by atoms with Gasteiger partial charge in [0.2, 0.25) is 5.82 Å². The van der Waals surface area contributed by atoms with Crippen molar-refractivity contribution in [3.8, 4) is 11.4 Å². The molecular weight excluding hydrogens is 363 g/mol. The molecule has 0 saturated carbocycles. The van der Waals surface area contributed by atoms with Crippen LogP contribution in [-0.4, -0.2) is 32.7 Å². The number of hydrogen-bond donors (Lipinski definition) is 2. The van der Waals surface area contributed by atoms with E-state index in [9.17, 15) is 9.90 Å². The summed E-state index contributed by atoms with van der Waals surface area (Å²) in [5, 5.41) is 16.2. The van der Waals surface area contributed by atoms with Crippen LogP contribution in [-0.2, 0) is 5.79 Å². The summed E-state index contributed by atoms with van der Waals surface area (Å²) in [4.78, 5) is 20.6. The fourth-order valence-corrected chi connectivity index (χ4v) is 2.70. The number of fused-ring (bicyclic) bond motifs is 1. The van der Waals surface area contributed by atoms with Crippen LogP contribution in [0.25, 0.3) is 22.3 Å². The van der Waals surface area contributed by atoms with Gasteiger partial charge in [-0.15, -0.1) is 0 Å². The Bertz CT molecular complexity index is 1130. The number of carbonyl (C=O) groups is 1. The van der Waals surface area contributed by atoms with Crippen molar-refractivity contribution >= 4 is 16.8 Å². The summed E-state index contributed by atoms with van der Waals surface area (Å²) in [6.07, 6.45) is 1.54. The number of aromatic nitrogens is 3. The normalized spacial score (nSPS) is 13.2. The highest BCUT2D eigenvalue weighted by atomic mass is 19.1. The van der Waals surface area contributed by atoms with E-state index >= 15 is 4.39 Å². The molecule has 0 radical (unpaired) electrons. The molecule has 0 fully saturated rings. The molecule has 1 atom stereocenters. The number of pyridine rings is 1. The Morgan fingerprint density at radius 1 is 1.14 bits per heavy atom. The first-order valence-corrected chi connectivity index (χ1v) is 8.46. The van der Waals surface area contributed by atoms with Crippen LogP contribution in [0.5, 0.6) is 0 Å². The largest absolute Gasteiger partial charge is 0.390 e. The highest BCUT2D eigenvalue weighted by Gasteiger charge is 2.40. The molecular formula is C20H15FN4O3. The number of benzene rings is 2. The summed E-state index contributed by atoms with van der Waals surface area (Å²) in [6.45, 7) is -1.07. The molecule has 2 N–H and O–H groups in total. The molecule has 1 amide bonds. The first kappa shape index (κ1) is 17.7. The van der Waals surface area contributed by atoms with Crippen LogP contribution < -0.4 is 5.32 Å². The zero-order chi connectivity index (χ0) is 19.6. The van der Waals surface area contributed by atoms with Gasteiger partial charge in [0, 0.05) is 22.7 Å². The molecule has 2 heterocycles. The molecule has 0 spiro atoms. The standard InChI is InChI=1S/C20H15FN4O3/c21-20(12-26,24-18(27)13-6-2-1-3-7-13)19-23-17(25-28-19)15-10-14-8-4-5-9-16(14)22-11-15/h1-11,26H,12H2,(H,24,27)/t20-/m1/s1. The molecule has 28 heavy (non-hydrogen) atoms. The van der Waals surface area contributed by atoms with Crippen LogP contribution in [0, 0.1) is 0 Å². The van der Waals surface area contributed by atoms with Gasteiger partial charge < -0.3 is 14.9 Å². The second kappa shape index (κ2) is 7.16. The number of hydrogen-bond acceptors (Lipinski definition) is 6. The van der Waals surface area contributed by atoms with Gasteiger partial charge >= 0.3 is 0 Å². The lowest BCUT2D eigenvalue weighted by atomic mass is 10.1. The average Bonchev–Trinajstić information content (AvgIpc) is 3.25. The van der Waals surface area contributed by atoms with Gasteiger partial charge in [-0.3, -0.25) is 9.78 Å². The fourth-order valence-electron chi connectivity index (χ4n) is 2.70. The van der Waals surface area contributed by atoms with E-state index in [1.54, 1.807) is 30.5 Å². The van der Waals surface area contributed by atoms with Gasteiger partial charge in [-0.1, -0.05) is 41.6 Å². The molecule has 4 aromatic rings. The van der Waals surface area contributed by atoms with Crippen LogP contribution in [0.1, 0.15) is 16.2 Å². The summed E-state index contributed by atoms with van der Waals surface area (Å²) in [7, 11) is 0. The van der Waals surface area contributed by atoms with Crippen molar-refractivity contribution in [1.29, 1.82) is 0 Å². The van der Waals surface area contributed by atoms with Gasteiger partial charge in [0.15, 0.2) is 0 Å². The molecule has 0 aliphatic carbocycles. The maximum Gasteiger partial charge on any atom is 0.288 e. The van der Waals surface area contributed by atoms with Crippen LogP contribution in [0.3, 0.4) is 0 Å². The van der Waals surface area contributed by atoms with Crippen LogP contribution in [0.15, 0.2) is 71.4 Å². The number of alkyl halides is 1. The number of aliphatic hydroxyl groups is 1. The summed E-state index contributed by atoms with van der Waals surface area (Å²) < 4.78 is 20.2. The number of nitrogens with one attached hydrogen (secondary N) is 1. The maximum atomic E-state index is 15.2.